The zero-order valence-corrected chi connectivity index (χ0v) is 19.7. The number of sulfone groups is 1. The number of carbonyl (C=O) groups excluding carboxylic acids is 1. The van der Waals surface area contributed by atoms with Gasteiger partial charge in [-0.05, 0) is 17.7 Å². The smallest absolute Gasteiger partial charge is 0.328 e. The minimum Gasteiger partial charge on any atom is -0.496 e. The average molecular weight is 493 g/mol. The SMILES string of the molecule is COc1cc(OC)c(/C=C/S(=O)(=O)Cc2cnc(OC)c(NC(=O)/C=C/C(=O)O)c2)c(OC)c1. The van der Waals surface area contributed by atoms with Crippen LogP contribution in [0, 0.1) is 0 Å². The van der Waals surface area contributed by atoms with Crippen molar-refractivity contribution in [2.24, 2.45) is 0 Å². The van der Waals surface area contributed by atoms with Crippen molar-refractivity contribution in [3.63, 3.8) is 0 Å². The van der Waals surface area contributed by atoms with Gasteiger partial charge in [0.05, 0.1) is 39.8 Å². The first kappa shape index (κ1) is 26.2. The summed E-state index contributed by atoms with van der Waals surface area (Å²) in [5, 5.41) is 12.0. The van der Waals surface area contributed by atoms with E-state index in [1.54, 1.807) is 12.1 Å². The number of benzene rings is 1. The lowest BCUT2D eigenvalue weighted by molar-refractivity contribution is -0.131. The summed E-state index contributed by atoms with van der Waals surface area (Å²) in [5.74, 6) is -1.26. The van der Waals surface area contributed by atoms with Gasteiger partial charge in [-0.1, -0.05) is 0 Å². The Labute approximate surface area is 196 Å². The van der Waals surface area contributed by atoms with Gasteiger partial charge in [-0.25, -0.2) is 18.2 Å². The topological polar surface area (TPSA) is 150 Å². The summed E-state index contributed by atoms with van der Waals surface area (Å²) in [6, 6.07) is 4.56. The molecule has 2 rings (SSSR count). The predicted molar refractivity (Wildman–Crippen MR) is 124 cm³/mol. The van der Waals surface area contributed by atoms with Gasteiger partial charge < -0.3 is 29.4 Å². The number of carboxylic acid groups (broad SMARTS) is 1. The molecule has 0 aliphatic heterocycles. The monoisotopic (exact) mass is 492 g/mol. The molecule has 2 aromatic rings. The third kappa shape index (κ3) is 7.24. The average Bonchev–Trinajstić information content (AvgIpc) is 2.80. The Bertz CT molecular complexity index is 1200. The number of aliphatic carboxylic acids is 1. The lowest BCUT2D eigenvalue weighted by Gasteiger charge is -2.12. The lowest BCUT2D eigenvalue weighted by Crippen LogP contribution is -2.11. The van der Waals surface area contributed by atoms with Crippen molar-refractivity contribution in [1.82, 2.24) is 4.98 Å². The Morgan fingerprint density at radius 2 is 1.65 bits per heavy atom. The highest BCUT2D eigenvalue weighted by Gasteiger charge is 2.16. The number of hydrogen-bond acceptors (Lipinski definition) is 9. The molecule has 12 heteroatoms. The van der Waals surface area contributed by atoms with Crippen LogP contribution in [0.4, 0.5) is 5.69 Å². The number of carbonyl (C=O) groups is 2. The number of amides is 1. The number of hydrogen-bond donors (Lipinski definition) is 2. The van der Waals surface area contributed by atoms with E-state index in [4.69, 9.17) is 24.1 Å². The van der Waals surface area contributed by atoms with Crippen LogP contribution in [0.2, 0.25) is 0 Å². The van der Waals surface area contributed by atoms with Gasteiger partial charge >= 0.3 is 5.97 Å². The van der Waals surface area contributed by atoms with Crippen molar-refractivity contribution in [3.05, 3.63) is 53.1 Å². The van der Waals surface area contributed by atoms with Crippen LogP contribution in [0.5, 0.6) is 23.1 Å². The minimum absolute atomic E-state index is 0.0291. The van der Waals surface area contributed by atoms with Gasteiger partial charge in [0, 0.05) is 35.9 Å². The molecule has 2 N–H and O–H groups in total. The highest BCUT2D eigenvalue weighted by Crippen LogP contribution is 2.35. The van der Waals surface area contributed by atoms with Crippen molar-refractivity contribution < 1.29 is 42.1 Å². The largest absolute Gasteiger partial charge is 0.496 e. The van der Waals surface area contributed by atoms with Crippen molar-refractivity contribution in [2.75, 3.05) is 33.8 Å². The van der Waals surface area contributed by atoms with Crippen molar-refractivity contribution in [1.29, 1.82) is 0 Å². The first-order valence-corrected chi connectivity index (χ1v) is 11.3. The zero-order valence-electron chi connectivity index (χ0n) is 18.9. The molecule has 0 bridgehead atoms. The predicted octanol–water partition coefficient (Wildman–Crippen LogP) is 2.28. The molecule has 182 valence electrons. The van der Waals surface area contributed by atoms with Crippen LogP contribution in [-0.4, -0.2) is 58.8 Å². The number of carboxylic acids is 1. The summed E-state index contributed by atoms with van der Waals surface area (Å²) in [6.07, 6.45) is 4.11. The van der Waals surface area contributed by atoms with Crippen LogP contribution in [0.3, 0.4) is 0 Å². The first-order valence-electron chi connectivity index (χ1n) is 9.58. The maximum atomic E-state index is 12.7. The fourth-order valence-electron chi connectivity index (χ4n) is 2.80. The fraction of sp³-hybridized carbons (Fsp3) is 0.227. The molecule has 1 aromatic heterocycles. The number of pyridine rings is 1. The standard InChI is InChI=1S/C22H24N2O9S/c1-30-15-10-18(31-2)16(19(11-15)32-3)7-8-34(28,29)13-14-9-17(22(33-4)23-12-14)24-20(25)5-6-21(26)27/h5-12H,13H2,1-4H3,(H,24,25)(H,26,27)/b6-5+,8-7+. The van der Waals surface area contributed by atoms with Gasteiger partial charge in [0.25, 0.3) is 0 Å². The van der Waals surface area contributed by atoms with Crippen LogP contribution in [0.15, 0.2) is 42.0 Å². The molecule has 1 amide bonds. The summed E-state index contributed by atoms with van der Waals surface area (Å²) < 4.78 is 46.4. The van der Waals surface area contributed by atoms with Gasteiger partial charge in [-0.2, -0.15) is 0 Å². The number of anilines is 1. The number of nitrogens with zero attached hydrogens (tertiary/aromatic N) is 1. The van der Waals surface area contributed by atoms with E-state index in [0.717, 1.165) is 11.5 Å². The van der Waals surface area contributed by atoms with Gasteiger partial charge in [0.1, 0.15) is 22.9 Å². The van der Waals surface area contributed by atoms with E-state index < -0.39 is 27.5 Å². The minimum atomic E-state index is -3.79. The highest BCUT2D eigenvalue weighted by atomic mass is 32.2. The second-order valence-electron chi connectivity index (χ2n) is 6.62. The molecule has 0 aliphatic rings. The lowest BCUT2D eigenvalue weighted by atomic mass is 10.1. The Morgan fingerprint density at radius 1 is 1.00 bits per heavy atom. The van der Waals surface area contributed by atoms with E-state index in [1.807, 2.05) is 0 Å². The summed E-state index contributed by atoms with van der Waals surface area (Å²) in [5.41, 5.74) is 0.745. The molecule has 34 heavy (non-hydrogen) atoms. The number of methoxy groups -OCH3 is 4. The van der Waals surface area contributed by atoms with E-state index in [-0.39, 0.29) is 17.1 Å². The molecule has 0 radical (unpaired) electrons. The molecule has 1 heterocycles. The normalized spacial score (nSPS) is 11.4. The summed E-state index contributed by atoms with van der Waals surface area (Å²) >= 11 is 0. The first-order chi connectivity index (χ1) is 16.1. The molecule has 0 saturated carbocycles. The van der Waals surface area contributed by atoms with Crippen LogP contribution in [-0.2, 0) is 25.2 Å². The van der Waals surface area contributed by atoms with Gasteiger partial charge in [0.2, 0.25) is 11.8 Å². The van der Waals surface area contributed by atoms with Crippen molar-refractivity contribution in [3.8, 4) is 23.1 Å². The van der Waals surface area contributed by atoms with E-state index >= 15 is 0 Å². The van der Waals surface area contributed by atoms with E-state index in [1.165, 1.54) is 46.8 Å². The van der Waals surface area contributed by atoms with Crippen LogP contribution in [0.25, 0.3) is 6.08 Å². The number of rotatable bonds is 11. The molecular formula is C22H24N2O9S. The maximum absolute atomic E-state index is 12.7. The van der Waals surface area contributed by atoms with Gasteiger partial charge in [-0.3, -0.25) is 4.79 Å². The quantitative estimate of drug-likeness (QED) is 0.447. The summed E-state index contributed by atoms with van der Waals surface area (Å²) in [4.78, 5) is 26.5. The summed E-state index contributed by atoms with van der Waals surface area (Å²) in [7, 11) is 1.88. The molecule has 11 nitrogen and oxygen atoms in total. The Kier molecular flexibility index (Phi) is 9.01. The van der Waals surface area contributed by atoms with E-state index in [9.17, 15) is 18.0 Å². The third-order valence-electron chi connectivity index (χ3n) is 4.30. The van der Waals surface area contributed by atoms with Gasteiger partial charge in [0.15, 0.2) is 9.84 Å². The molecule has 1 aromatic carbocycles. The van der Waals surface area contributed by atoms with Crippen LogP contribution in [0.1, 0.15) is 11.1 Å². The molecule has 0 unspecified atom stereocenters. The second-order valence-corrected chi connectivity index (χ2v) is 8.50. The molecule has 0 saturated heterocycles. The van der Waals surface area contributed by atoms with Crippen LogP contribution < -0.4 is 24.3 Å². The molecule has 0 aliphatic carbocycles. The second kappa shape index (κ2) is 11.7. The van der Waals surface area contributed by atoms with Crippen LogP contribution >= 0.6 is 0 Å². The Morgan fingerprint density at radius 3 is 2.18 bits per heavy atom. The molecule has 0 atom stereocenters. The number of aromatic nitrogens is 1. The fourth-order valence-corrected chi connectivity index (χ4v) is 3.86. The molecule has 0 spiro atoms. The van der Waals surface area contributed by atoms with Gasteiger partial charge in [-0.15, -0.1) is 0 Å². The van der Waals surface area contributed by atoms with Crippen molar-refractivity contribution in [2.45, 2.75) is 5.75 Å². The summed E-state index contributed by atoms with van der Waals surface area (Å²) in [6.45, 7) is 0. The Balaban J connectivity index is 2.31. The van der Waals surface area contributed by atoms with E-state index in [0.29, 0.717) is 28.9 Å². The molecule has 0 fully saturated rings. The highest BCUT2D eigenvalue weighted by molar-refractivity contribution is 7.93. The zero-order chi connectivity index (χ0) is 25.3. The number of nitrogens with one attached hydrogen (secondary N) is 1. The van der Waals surface area contributed by atoms with E-state index in [2.05, 4.69) is 10.3 Å². The third-order valence-corrected chi connectivity index (χ3v) is 5.59. The number of ether oxygens (including phenoxy) is 4. The Hall–Kier alpha value is -4.06. The maximum Gasteiger partial charge on any atom is 0.328 e. The van der Waals surface area contributed by atoms with Crippen molar-refractivity contribution >= 4 is 33.5 Å². The molecular weight excluding hydrogens is 468 g/mol.